The molecule has 0 saturated carbocycles. The van der Waals surface area contributed by atoms with Crippen LogP contribution in [0.4, 0.5) is 0 Å². The van der Waals surface area contributed by atoms with Crippen molar-refractivity contribution in [2.75, 3.05) is 19.6 Å². The lowest BCUT2D eigenvalue weighted by Crippen LogP contribution is -2.44. The van der Waals surface area contributed by atoms with Gasteiger partial charge in [0.2, 0.25) is 0 Å². The van der Waals surface area contributed by atoms with Gasteiger partial charge in [-0.2, -0.15) is 0 Å². The number of hydrogen-bond acceptors (Lipinski definition) is 8. The fourth-order valence-corrected chi connectivity index (χ4v) is 5.97. The van der Waals surface area contributed by atoms with Crippen molar-refractivity contribution < 1.29 is 34.0 Å². The van der Waals surface area contributed by atoms with E-state index in [1.54, 1.807) is 6.92 Å². The van der Waals surface area contributed by atoms with Gasteiger partial charge in [0.05, 0.1) is 24.9 Å². The van der Waals surface area contributed by atoms with Crippen LogP contribution in [0.3, 0.4) is 0 Å². The number of nitrogens with zero attached hydrogens (tertiary/aromatic N) is 1. The first kappa shape index (κ1) is 31.8. The molecule has 234 valence electrons. The van der Waals surface area contributed by atoms with Crippen molar-refractivity contribution >= 4 is 11.9 Å². The molecule has 2 aliphatic rings. The Morgan fingerprint density at radius 2 is 1.73 bits per heavy atom. The molecular formula is C35H42N2O7. The number of carbonyl (C=O) groups excluding carboxylic acids is 2. The van der Waals surface area contributed by atoms with E-state index in [1.807, 2.05) is 72.8 Å². The first-order chi connectivity index (χ1) is 21.2. The van der Waals surface area contributed by atoms with E-state index in [0.29, 0.717) is 19.6 Å². The van der Waals surface area contributed by atoms with E-state index >= 15 is 0 Å². The van der Waals surface area contributed by atoms with Crippen molar-refractivity contribution in [1.29, 1.82) is 0 Å². The van der Waals surface area contributed by atoms with E-state index in [9.17, 15) is 19.8 Å². The second-order valence-electron chi connectivity index (χ2n) is 11.8. The fraction of sp³-hybridized carbons (Fsp3) is 0.429. The number of benzene rings is 3. The van der Waals surface area contributed by atoms with E-state index in [0.717, 1.165) is 46.3 Å². The van der Waals surface area contributed by atoms with Gasteiger partial charge in [-0.15, -0.1) is 0 Å². The molecule has 2 aliphatic heterocycles. The summed E-state index contributed by atoms with van der Waals surface area (Å²) in [5.74, 6) is -0.792. The van der Waals surface area contributed by atoms with Gasteiger partial charge in [-0.05, 0) is 41.2 Å². The Morgan fingerprint density at radius 3 is 2.39 bits per heavy atom. The summed E-state index contributed by atoms with van der Waals surface area (Å²) < 4.78 is 18.2. The van der Waals surface area contributed by atoms with Gasteiger partial charge in [0.1, 0.15) is 0 Å². The lowest BCUT2D eigenvalue weighted by atomic mass is 9.90. The summed E-state index contributed by atoms with van der Waals surface area (Å²) in [6.07, 6.45) is -1.31. The molecule has 0 radical (unpaired) electrons. The van der Waals surface area contributed by atoms with E-state index in [2.05, 4.69) is 17.1 Å². The molecule has 1 amide bonds. The highest BCUT2D eigenvalue weighted by atomic mass is 16.7. The topological polar surface area (TPSA) is 118 Å². The third-order valence-electron chi connectivity index (χ3n) is 8.49. The Morgan fingerprint density at radius 1 is 1.02 bits per heavy atom. The van der Waals surface area contributed by atoms with Crippen molar-refractivity contribution in [3.8, 4) is 11.1 Å². The molecule has 0 aromatic heterocycles. The summed E-state index contributed by atoms with van der Waals surface area (Å²) in [6, 6.07) is 23.8. The van der Waals surface area contributed by atoms with E-state index in [4.69, 9.17) is 14.2 Å². The summed E-state index contributed by atoms with van der Waals surface area (Å²) >= 11 is 0. The fourth-order valence-electron chi connectivity index (χ4n) is 5.97. The third-order valence-corrected chi connectivity index (χ3v) is 8.49. The standard InChI is InChI=1S/C35H42N2O7/c1-22-32(20-37-17-16-30(40)19-37)43-35(44-33(22)27-10-8-25(21-38)9-11-27)28-14-12-26(13-15-28)31-7-5-4-6-29(31)18-36-34(41)23(2)42-24(3)39/h4-15,22-23,30,32-33,35,38,40H,16-21H2,1-3H3,(H,36,41)/t22-,23+,30+,32+,33+,35+/m1/s1. The van der Waals surface area contributed by atoms with Crippen LogP contribution in [0.15, 0.2) is 72.8 Å². The van der Waals surface area contributed by atoms with Crippen LogP contribution < -0.4 is 5.32 Å². The number of aliphatic hydroxyl groups is 2. The minimum absolute atomic E-state index is 0.0117. The molecule has 5 rings (SSSR count). The smallest absolute Gasteiger partial charge is 0.303 e. The molecule has 3 aromatic rings. The quantitative estimate of drug-likeness (QED) is 0.295. The summed E-state index contributed by atoms with van der Waals surface area (Å²) in [7, 11) is 0. The molecule has 9 heteroatoms. The average Bonchev–Trinajstić information content (AvgIpc) is 3.45. The first-order valence-corrected chi connectivity index (χ1v) is 15.3. The Kier molecular flexibility index (Phi) is 10.5. The lowest BCUT2D eigenvalue weighted by molar-refractivity contribution is -0.276. The maximum atomic E-state index is 12.4. The van der Waals surface area contributed by atoms with Crippen LogP contribution in [-0.2, 0) is 37.0 Å². The average molecular weight is 603 g/mol. The Balaban J connectivity index is 1.34. The molecule has 2 fully saturated rings. The van der Waals surface area contributed by atoms with Gasteiger partial charge in [0, 0.05) is 44.6 Å². The minimum atomic E-state index is -0.868. The van der Waals surface area contributed by atoms with Gasteiger partial charge in [0.25, 0.3) is 5.91 Å². The lowest BCUT2D eigenvalue weighted by Gasteiger charge is -2.42. The maximum absolute atomic E-state index is 12.4. The predicted molar refractivity (Wildman–Crippen MR) is 165 cm³/mol. The number of esters is 1. The zero-order valence-corrected chi connectivity index (χ0v) is 25.5. The highest BCUT2D eigenvalue weighted by molar-refractivity contribution is 5.83. The number of rotatable bonds is 10. The molecule has 44 heavy (non-hydrogen) atoms. The number of hydrogen-bond donors (Lipinski definition) is 3. The summed E-state index contributed by atoms with van der Waals surface area (Å²) in [5, 5.41) is 22.5. The molecule has 9 nitrogen and oxygen atoms in total. The zero-order chi connectivity index (χ0) is 31.2. The molecule has 6 atom stereocenters. The SMILES string of the molecule is CC(=O)O[C@@H](C)C(=O)NCc1ccccc1-c1ccc([C@H]2O[C@@H](CN3CC[C@H](O)C3)[C@@H](C)[C@@H](c3ccc(CO)cc3)O2)cc1. The number of likely N-dealkylation sites (tertiary alicyclic amines) is 1. The number of amides is 1. The molecule has 0 aliphatic carbocycles. The largest absolute Gasteiger partial charge is 0.453 e. The van der Waals surface area contributed by atoms with Crippen LogP contribution in [0.2, 0.25) is 0 Å². The third kappa shape index (κ3) is 7.72. The van der Waals surface area contributed by atoms with Gasteiger partial charge in [-0.3, -0.25) is 14.5 Å². The van der Waals surface area contributed by atoms with Gasteiger partial charge in [-0.1, -0.05) is 79.7 Å². The molecule has 2 heterocycles. The van der Waals surface area contributed by atoms with Crippen molar-refractivity contribution in [2.45, 2.75) is 71.0 Å². The molecule has 3 N–H and O–H groups in total. The van der Waals surface area contributed by atoms with E-state index < -0.39 is 18.4 Å². The zero-order valence-electron chi connectivity index (χ0n) is 25.5. The molecule has 3 aromatic carbocycles. The normalized spacial score (nSPS) is 24.5. The highest BCUT2D eigenvalue weighted by Gasteiger charge is 2.39. The van der Waals surface area contributed by atoms with Crippen LogP contribution in [0.1, 0.15) is 61.8 Å². The Bertz CT molecular complexity index is 1410. The van der Waals surface area contributed by atoms with Crippen LogP contribution in [-0.4, -0.2) is 64.9 Å². The molecule has 2 saturated heterocycles. The van der Waals surface area contributed by atoms with Gasteiger partial charge in [0.15, 0.2) is 12.4 Å². The Hall–Kier alpha value is -3.60. The number of β-amino-alcohol motifs (C(OH)–C–C–N with tert-alkyl or cyclic N) is 1. The molecule has 0 bridgehead atoms. The molecule has 0 spiro atoms. The number of carbonyl (C=O) groups is 2. The predicted octanol–water partition coefficient (Wildman–Crippen LogP) is 4.27. The monoisotopic (exact) mass is 602 g/mol. The number of aliphatic hydroxyl groups excluding tert-OH is 2. The van der Waals surface area contributed by atoms with E-state index in [1.165, 1.54) is 6.92 Å². The first-order valence-electron chi connectivity index (χ1n) is 15.3. The van der Waals surface area contributed by atoms with Crippen molar-refractivity contribution in [1.82, 2.24) is 10.2 Å². The van der Waals surface area contributed by atoms with E-state index in [-0.39, 0.29) is 36.7 Å². The summed E-state index contributed by atoms with van der Waals surface area (Å²) in [6.45, 7) is 7.44. The van der Waals surface area contributed by atoms with Crippen molar-refractivity contribution in [3.63, 3.8) is 0 Å². The summed E-state index contributed by atoms with van der Waals surface area (Å²) in [4.78, 5) is 25.9. The van der Waals surface area contributed by atoms with Crippen molar-refractivity contribution in [3.05, 3.63) is 95.1 Å². The van der Waals surface area contributed by atoms with Crippen LogP contribution in [0.25, 0.3) is 11.1 Å². The number of ether oxygens (including phenoxy) is 3. The molecular weight excluding hydrogens is 560 g/mol. The highest BCUT2D eigenvalue weighted by Crippen LogP contribution is 2.42. The van der Waals surface area contributed by atoms with Crippen LogP contribution >= 0.6 is 0 Å². The summed E-state index contributed by atoms with van der Waals surface area (Å²) in [5.41, 5.74) is 5.67. The second-order valence-corrected chi connectivity index (χ2v) is 11.8. The van der Waals surface area contributed by atoms with Crippen LogP contribution in [0.5, 0.6) is 0 Å². The minimum Gasteiger partial charge on any atom is -0.453 e. The number of nitrogens with one attached hydrogen (secondary N) is 1. The van der Waals surface area contributed by atoms with Gasteiger partial charge >= 0.3 is 5.97 Å². The Labute approximate surface area is 258 Å². The van der Waals surface area contributed by atoms with Crippen molar-refractivity contribution in [2.24, 2.45) is 5.92 Å². The second kappa shape index (κ2) is 14.5. The van der Waals surface area contributed by atoms with Gasteiger partial charge < -0.3 is 29.7 Å². The maximum Gasteiger partial charge on any atom is 0.303 e. The van der Waals surface area contributed by atoms with Gasteiger partial charge in [-0.25, -0.2) is 0 Å². The molecule has 0 unspecified atom stereocenters. The van der Waals surface area contributed by atoms with Crippen LogP contribution in [0, 0.1) is 5.92 Å².